The van der Waals surface area contributed by atoms with Crippen LogP contribution in [0.1, 0.15) is 5.69 Å². The number of pyridine rings is 1. The molecule has 4 aromatic rings. The Morgan fingerprint density at radius 2 is 1.66 bits per heavy atom. The number of hydrogen-bond acceptors (Lipinski definition) is 6. The average molecular weight is 404 g/mol. The Balaban J connectivity index is 1.45. The number of benzene rings is 2. The second-order valence-corrected chi connectivity index (χ2v) is 7.78. The average Bonchev–Trinajstić information content (AvgIpc) is 3.23. The van der Waals surface area contributed by atoms with Crippen LogP contribution in [-0.2, 0) is 10.5 Å². The molecule has 2 aromatic carbocycles. The van der Waals surface area contributed by atoms with Gasteiger partial charge in [0.2, 0.25) is 5.95 Å². The van der Waals surface area contributed by atoms with E-state index in [-0.39, 0.29) is 0 Å². The minimum atomic E-state index is 0.713. The van der Waals surface area contributed by atoms with E-state index in [2.05, 4.69) is 50.0 Å². The van der Waals surface area contributed by atoms with Crippen LogP contribution in [0.2, 0.25) is 0 Å². The van der Waals surface area contributed by atoms with Gasteiger partial charge in [-0.25, -0.2) is 0 Å². The molecule has 1 aliphatic rings. The van der Waals surface area contributed by atoms with E-state index in [1.807, 2.05) is 36.4 Å². The van der Waals surface area contributed by atoms with Crippen LogP contribution >= 0.6 is 11.8 Å². The smallest absolute Gasteiger partial charge is 0.232 e. The van der Waals surface area contributed by atoms with Crippen molar-refractivity contribution in [1.82, 2.24) is 19.7 Å². The summed E-state index contributed by atoms with van der Waals surface area (Å²) in [5.41, 5.74) is 3.11. The molecule has 0 unspecified atom stereocenters. The summed E-state index contributed by atoms with van der Waals surface area (Å²) in [5.74, 6) is 1.60. The molecule has 5 rings (SSSR count). The van der Waals surface area contributed by atoms with E-state index in [1.54, 1.807) is 11.8 Å². The third-order valence-electron chi connectivity index (χ3n) is 4.93. The Kier molecular flexibility index (Phi) is 5.15. The summed E-state index contributed by atoms with van der Waals surface area (Å²) in [6.07, 6.45) is 0. The fraction of sp³-hybridized carbons (Fsp3) is 0.227. The van der Waals surface area contributed by atoms with E-state index < -0.39 is 0 Å². The Morgan fingerprint density at radius 3 is 2.52 bits per heavy atom. The molecular weight excluding hydrogens is 382 g/mol. The molecule has 1 fully saturated rings. The minimum Gasteiger partial charge on any atom is -0.378 e. The highest BCUT2D eigenvalue weighted by molar-refractivity contribution is 7.98. The lowest BCUT2D eigenvalue weighted by atomic mass is 10.2. The Morgan fingerprint density at radius 1 is 0.862 bits per heavy atom. The zero-order valence-corrected chi connectivity index (χ0v) is 16.8. The molecular formula is C22H21N5OS. The summed E-state index contributed by atoms with van der Waals surface area (Å²) in [4.78, 5) is 7.02. The molecule has 0 N–H and O–H groups in total. The SMILES string of the molecule is c1ccc(-n2c(SCc3ccc4ccccc4n3)nnc2N2CCOCC2)cc1. The molecule has 1 saturated heterocycles. The Labute approximate surface area is 173 Å². The van der Waals surface area contributed by atoms with Crippen molar-refractivity contribution in [3.8, 4) is 5.69 Å². The summed E-state index contributed by atoms with van der Waals surface area (Å²) < 4.78 is 7.64. The zero-order valence-electron chi connectivity index (χ0n) is 15.9. The van der Waals surface area contributed by atoms with Crippen molar-refractivity contribution in [1.29, 1.82) is 0 Å². The van der Waals surface area contributed by atoms with Crippen molar-refractivity contribution in [2.75, 3.05) is 31.2 Å². The van der Waals surface area contributed by atoms with Crippen LogP contribution in [0.4, 0.5) is 5.95 Å². The standard InChI is InChI=1S/C22H21N5OS/c1-2-7-19(8-3-1)27-21(26-12-14-28-15-13-26)24-25-22(27)29-16-18-11-10-17-6-4-5-9-20(17)23-18/h1-11H,12-16H2. The molecule has 29 heavy (non-hydrogen) atoms. The summed E-state index contributed by atoms with van der Waals surface area (Å²) in [6.45, 7) is 3.07. The van der Waals surface area contributed by atoms with Gasteiger partial charge in [-0.05, 0) is 24.3 Å². The molecule has 0 aliphatic carbocycles. The van der Waals surface area contributed by atoms with E-state index >= 15 is 0 Å². The summed E-state index contributed by atoms with van der Waals surface area (Å²) in [6, 6.07) is 22.7. The fourth-order valence-electron chi connectivity index (χ4n) is 3.45. The monoisotopic (exact) mass is 403 g/mol. The van der Waals surface area contributed by atoms with E-state index in [0.717, 1.165) is 52.2 Å². The first-order chi connectivity index (χ1) is 14.4. The molecule has 0 radical (unpaired) electrons. The third-order valence-corrected chi connectivity index (χ3v) is 5.89. The van der Waals surface area contributed by atoms with Crippen molar-refractivity contribution in [3.63, 3.8) is 0 Å². The van der Waals surface area contributed by atoms with Crippen LogP contribution in [0.3, 0.4) is 0 Å². The van der Waals surface area contributed by atoms with Gasteiger partial charge in [-0.3, -0.25) is 9.55 Å². The van der Waals surface area contributed by atoms with E-state index in [9.17, 15) is 0 Å². The van der Waals surface area contributed by atoms with Gasteiger partial charge in [0.15, 0.2) is 5.16 Å². The highest BCUT2D eigenvalue weighted by atomic mass is 32.2. The normalized spacial score (nSPS) is 14.4. The van der Waals surface area contributed by atoms with Crippen molar-refractivity contribution >= 4 is 28.6 Å². The van der Waals surface area contributed by atoms with Crippen LogP contribution in [0.15, 0.2) is 71.9 Å². The van der Waals surface area contributed by atoms with Crippen molar-refractivity contribution in [2.24, 2.45) is 0 Å². The number of para-hydroxylation sites is 2. The number of thioether (sulfide) groups is 1. The molecule has 0 spiro atoms. The number of fused-ring (bicyclic) bond motifs is 1. The molecule has 146 valence electrons. The lowest BCUT2D eigenvalue weighted by molar-refractivity contribution is 0.122. The van der Waals surface area contributed by atoms with Gasteiger partial charge in [0.25, 0.3) is 0 Å². The molecule has 0 bridgehead atoms. The number of ether oxygens (including phenoxy) is 1. The highest BCUT2D eigenvalue weighted by Gasteiger charge is 2.21. The number of morpholine rings is 1. The van der Waals surface area contributed by atoms with E-state index in [0.29, 0.717) is 13.2 Å². The number of rotatable bonds is 5. The van der Waals surface area contributed by atoms with Crippen LogP contribution in [0, 0.1) is 0 Å². The number of aromatic nitrogens is 4. The van der Waals surface area contributed by atoms with Crippen LogP contribution in [0.5, 0.6) is 0 Å². The van der Waals surface area contributed by atoms with Crippen molar-refractivity contribution < 1.29 is 4.74 Å². The zero-order chi connectivity index (χ0) is 19.5. The van der Waals surface area contributed by atoms with E-state index in [4.69, 9.17) is 9.72 Å². The molecule has 3 heterocycles. The van der Waals surface area contributed by atoms with Gasteiger partial charge in [-0.1, -0.05) is 54.2 Å². The Bertz CT molecular complexity index is 1110. The second kappa shape index (κ2) is 8.23. The lowest BCUT2D eigenvalue weighted by Crippen LogP contribution is -2.37. The molecule has 0 atom stereocenters. The maximum Gasteiger partial charge on any atom is 0.232 e. The Hall–Kier alpha value is -2.90. The van der Waals surface area contributed by atoms with Gasteiger partial charge >= 0.3 is 0 Å². The molecule has 0 amide bonds. The van der Waals surface area contributed by atoms with Crippen LogP contribution in [-0.4, -0.2) is 46.1 Å². The van der Waals surface area contributed by atoms with Gasteiger partial charge in [0.1, 0.15) is 0 Å². The summed E-state index contributed by atoms with van der Waals surface area (Å²) in [5, 5.41) is 11.1. The first-order valence-electron chi connectivity index (χ1n) is 9.69. The largest absolute Gasteiger partial charge is 0.378 e. The molecule has 0 saturated carbocycles. The van der Waals surface area contributed by atoms with Crippen molar-refractivity contribution in [2.45, 2.75) is 10.9 Å². The fourth-order valence-corrected chi connectivity index (χ4v) is 4.31. The maximum absolute atomic E-state index is 5.50. The summed E-state index contributed by atoms with van der Waals surface area (Å²) >= 11 is 1.66. The number of nitrogens with zero attached hydrogens (tertiary/aromatic N) is 5. The second-order valence-electron chi connectivity index (χ2n) is 6.84. The van der Waals surface area contributed by atoms with Gasteiger partial charge in [-0.2, -0.15) is 0 Å². The molecule has 1 aliphatic heterocycles. The lowest BCUT2D eigenvalue weighted by Gasteiger charge is -2.27. The quantitative estimate of drug-likeness (QED) is 0.471. The predicted molar refractivity (Wildman–Crippen MR) is 116 cm³/mol. The first kappa shape index (κ1) is 18.1. The van der Waals surface area contributed by atoms with Gasteiger partial charge in [0, 0.05) is 24.2 Å². The topological polar surface area (TPSA) is 56.1 Å². The first-order valence-corrected chi connectivity index (χ1v) is 10.7. The van der Waals surface area contributed by atoms with E-state index in [1.165, 1.54) is 0 Å². The van der Waals surface area contributed by atoms with Crippen LogP contribution < -0.4 is 4.90 Å². The highest BCUT2D eigenvalue weighted by Crippen LogP contribution is 2.29. The predicted octanol–water partition coefficient (Wildman–Crippen LogP) is 3.94. The molecule has 7 heteroatoms. The minimum absolute atomic E-state index is 0.713. The number of anilines is 1. The van der Waals surface area contributed by atoms with Crippen molar-refractivity contribution in [3.05, 3.63) is 72.4 Å². The maximum atomic E-state index is 5.50. The summed E-state index contributed by atoms with van der Waals surface area (Å²) in [7, 11) is 0. The van der Waals surface area contributed by atoms with Crippen LogP contribution in [0.25, 0.3) is 16.6 Å². The van der Waals surface area contributed by atoms with Gasteiger partial charge in [0.05, 0.1) is 30.1 Å². The van der Waals surface area contributed by atoms with Gasteiger partial charge < -0.3 is 9.64 Å². The molecule has 6 nitrogen and oxygen atoms in total. The van der Waals surface area contributed by atoms with Gasteiger partial charge in [-0.15, -0.1) is 10.2 Å². The number of hydrogen-bond donors (Lipinski definition) is 0. The molecule has 2 aromatic heterocycles. The third kappa shape index (κ3) is 3.83.